The molecule has 84 valence electrons. The molecule has 0 unspecified atom stereocenters. The molecule has 0 bridgehead atoms. The second kappa shape index (κ2) is 4.40. The number of rotatable bonds is 3. The van der Waals surface area contributed by atoms with E-state index in [1.165, 1.54) is 11.3 Å². The Balaban J connectivity index is 2.40. The van der Waals surface area contributed by atoms with Crippen molar-refractivity contribution < 1.29 is 9.53 Å². The zero-order chi connectivity index (χ0) is 11.5. The third-order valence-corrected chi connectivity index (χ3v) is 2.91. The first-order valence-corrected chi connectivity index (χ1v) is 5.60. The van der Waals surface area contributed by atoms with Crippen LogP contribution in [0.2, 0.25) is 0 Å². The van der Waals surface area contributed by atoms with E-state index in [-0.39, 0.29) is 5.69 Å². The van der Waals surface area contributed by atoms with Gasteiger partial charge in [0.1, 0.15) is 5.69 Å². The van der Waals surface area contributed by atoms with E-state index in [1.807, 2.05) is 6.92 Å². The number of aromatic amines is 1. The molecule has 0 aliphatic rings. The Morgan fingerprint density at radius 3 is 3.00 bits per heavy atom. The van der Waals surface area contributed by atoms with E-state index in [0.29, 0.717) is 12.3 Å². The summed E-state index contributed by atoms with van der Waals surface area (Å²) in [5.41, 5.74) is 3.23. The minimum absolute atomic E-state index is 0.203. The standard InChI is InChI=1S/C9H10N4O2S/c1-3-15-9(14)7-6(11-13-12-7)8-5(2)10-4-16-8/h4H,3H2,1-2H3,(H,11,12,13). The summed E-state index contributed by atoms with van der Waals surface area (Å²) in [4.78, 5) is 16.5. The maximum absolute atomic E-state index is 11.6. The lowest BCUT2D eigenvalue weighted by molar-refractivity contribution is 0.0520. The van der Waals surface area contributed by atoms with Crippen molar-refractivity contribution in [3.05, 3.63) is 16.9 Å². The predicted octanol–water partition coefficient (Wildman–Crippen LogP) is 1.41. The average molecular weight is 238 g/mol. The number of nitrogens with one attached hydrogen (secondary N) is 1. The Hall–Kier alpha value is -1.76. The summed E-state index contributed by atoms with van der Waals surface area (Å²) in [6, 6.07) is 0. The number of H-pyrrole nitrogens is 1. The Bertz CT molecular complexity index is 505. The van der Waals surface area contributed by atoms with Crippen LogP contribution >= 0.6 is 11.3 Å². The number of thiazole rings is 1. The molecule has 2 aromatic rings. The Labute approximate surface area is 95.7 Å². The van der Waals surface area contributed by atoms with Crippen LogP contribution in [0.4, 0.5) is 0 Å². The molecule has 0 saturated carbocycles. The van der Waals surface area contributed by atoms with Gasteiger partial charge in [0.25, 0.3) is 0 Å². The molecule has 6 nitrogen and oxygen atoms in total. The highest BCUT2D eigenvalue weighted by Crippen LogP contribution is 2.27. The zero-order valence-corrected chi connectivity index (χ0v) is 9.67. The van der Waals surface area contributed by atoms with Crippen LogP contribution in [0.1, 0.15) is 23.1 Å². The van der Waals surface area contributed by atoms with Gasteiger partial charge in [0, 0.05) is 0 Å². The van der Waals surface area contributed by atoms with Crippen LogP contribution in [0.5, 0.6) is 0 Å². The highest BCUT2D eigenvalue weighted by Gasteiger charge is 2.21. The molecule has 0 saturated heterocycles. The maximum atomic E-state index is 11.6. The van der Waals surface area contributed by atoms with Crippen LogP contribution < -0.4 is 0 Å². The summed E-state index contributed by atoms with van der Waals surface area (Å²) in [7, 11) is 0. The molecule has 2 aromatic heterocycles. The average Bonchev–Trinajstić information content (AvgIpc) is 2.85. The highest BCUT2D eigenvalue weighted by molar-refractivity contribution is 7.13. The van der Waals surface area contributed by atoms with Gasteiger partial charge in [-0.2, -0.15) is 10.3 Å². The van der Waals surface area contributed by atoms with Gasteiger partial charge in [-0.1, -0.05) is 0 Å². The van der Waals surface area contributed by atoms with Crippen LogP contribution in [0.3, 0.4) is 0 Å². The fraction of sp³-hybridized carbons (Fsp3) is 0.333. The quantitative estimate of drug-likeness (QED) is 0.818. The minimum Gasteiger partial charge on any atom is -0.461 e. The van der Waals surface area contributed by atoms with Crippen molar-refractivity contribution in [2.24, 2.45) is 0 Å². The number of carbonyl (C=O) groups excluding carboxylic acids is 1. The molecular weight excluding hydrogens is 228 g/mol. The van der Waals surface area contributed by atoms with E-state index in [9.17, 15) is 4.79 Å². The Morgan fingerprint density at radius 1 is 1.56 bits per heavy atom. The van der Waals surface area contributed by atoms with Crippen molar-refractivity contribution in [3.63, 3.8) is 0 Å². The first kappa shape index (κ1) is 10.7. The highest BCUT2D eigenvalue weighted by atomic mass is 32.1. The number of hydrogen-bond donors (Lipinski definition) is 1. The van der Waals surface area contributed by atoms with Crippen LogP contribution in [-0.4, -0.2) is 33.0 Å². The third kappa shape index (κ3) is 1.81. The Morgan fingerprint density at radius 2 is 2.38 bits per heavy atom. The van der Waals surface area contributed by atoms with Crippen LogP contribution in [-0.2, 0) is 4.74 Å². The van der Waals surface area contributed by atoms with Gasteiger partial charge >= 0.3 is 5.97 Å². The number of aromatic nitrogens is 4. The predicted molar refractivity (Wildman–Crippen MR) is 58.2 cm³/mol. The molecular formula is C9H10N4O2S. The minimum atomic E-state index is -0.473. The molecule has 1 N–H and O–H groups in total. The summed E-state index contributed by atoms with van der Waals surface area (Å²) in [5.74, 6) is -0.473. The normalized spacial score (nSPS) is 10.4. The van der Waals surface area contributed by atoms with Gasteiger partial charge in [-0.25, -0.2) is 9.78 Å². The lowest BCUT2D eigenvalue weighted by Crippen LogP contribution is -2.06. The van der Waals surface area contributed by atoms with E-state index >= 15 is 0 Å². The van der Waals surface area contributed by atoms with E-state index in [1.54, 1.807) is 12.4 Å². The number of ether oxygens (including phenoxy) is 1. The van der Waals surface area contributed by atoms with Crippen molar-refractivity contribution >= 4 is 17.3 Å². The number of hydrogen-bond acceptors (Lipinski definition) is 6. The molecule has 0 spiro atoms. The molecule has 7 heteroatoms. The molecule has 2 heterocycles. The van der Waals surface area contributed by atoms with Gasteiger partial charge in [0.05, 0.1) is 22.7 Å². The van der Waals surface area contributed by atoms with E-state index in [4.69, 9.17) is 4.74 Å². The van der Waals surface area contributed by atoms with Gasteiger partial charge in [-0.05, 0) is 13.8 Å². The lowest BCUT2D eigenvalue weighted by Gasteiger charge is -1.99. The number of nitrogens with zero attached hydrogens (tertiary/aromatic N) is 3. The van der Waals surface area contributed by atoms with Gasteiger partial charge in [-0.3, -0.25) is 0 Å². The van der Waals surface area contributed by atoms with E-state index < -0.39 is 5.97 Å². The van der Waals surface area contributed by atoms with Gasteiger partial charge in [0.15, 0.2) is 5.69 Å². The second-order valence-corrected chi connectivity index (χ2v) is 3.86. The van der Waals surface area contributed by atoms with Crippen LogP contribution in [0, 0.1) is 6.92 Å². The van der Waals surface area contributed by atoms with Gasteiger partial charge < -0.3 is 4.74 Å². The summed E-state index contributed by atoms with van der Waals surface area (Å²) in [6.45, 7) is 3.91. The van der Waals surface area contributed by atoms with Crippen LogP contribution in [0.15, 0.2) is 5.51 Å². The molecule has 0 amide bonds. The molecule has 0 aliphatic heterocycles. The zero-order valence-electron chi connectivity index (χ0n) is 8.85. The smallest absolute Gasteiger partial charge is 0.361 e. The van der Waals surface area contributed by atoms with Gasteiger partial charge in [-0.15, -0.1) is 16.4 Å². The summed E-state index contributed by atoms with van der Waals surface area (Å²) in [5, 5.41) is 10.2. The molecule has 16 heavy (non-hydrogen) atoms. The van der Waals surface area contributed by atoms with Crippen molar-refractivity contribution in [3.8, 4) is 10.6 Å². The molecule has 2 rings (SSSR count). The number of carbonyl (C=O) groups is 1. The Kier molecular flexibility index (Phi) is 2.95. The third-order valence-electron chi connectivity index (χ3n) is 1.98. The molecule has 0 aromatic carbocycles. The van der Waals surface area contributed by atoms with Gasteiger partial charge in [0.2, 0.25) is 0 Å². The second-order valence-electron chi connectivity index (χ2n) is 3.01. The van der Waals surface area contributed by atoms with Crippen molar-refractivity contribution in [2.45, 2.75) is 13.8 Å². The lowest BCUT2D eigenvalue weighted by atomic mass is 10.2. The van der Waals surface area contributed by atoms with E-state index in [0.717, 1.165) is 10.6 Å². The first-order chi connectivity index (χ1) is 7.74. The fourth-order valence-electron chi connectivity index (χ4n) is 1.26. The monoisotopic (exact) mass is 238 g/mol. The maximum Gasteiger partial charge on any atom is 0.361 e. The van der Waals surface area contributed by atoms with Crippen LogP contribution in [0.25, 0.3) is 10.6 Å². The van der Waals surface area contributed by atoms with Crippen molar-refractivity contribution in [1.29, 1.82) is 0 Å². The number of aryl methyl sites for hydroxylation is 1. The van der Waals surface area contributed by atoms with Crippen molar-refractivity contribution in [2.75, 3.05) is 6.61 Å². The van der Waals surface area contributed by atoms with E-state index in [2.05, 4.69) is 20.4 Å². The SMILES string of the molecule is CCOC(=O)c1n[nH]nc1-c1scnc1C. The summed E-state index contributed by atoms with van der Waals surface area (Å²) in [6.07, 6.45) is 0. The largest absolute Gasteiger partial charge is 0.461 e. The fourth-order valence-corrected chi connectivity index (χ4v) is 2.05. The number of esters is 1. The molecule has 0 fully saturated rings. The first-order valence-electron chi connectivity index (χ1n) is 4.72. The molecule has 0 radical (unpaired) electrons. The summed E-state index contributed by atoms with van der Waals surface area (Å²) >= 11 is 1.42. The van der Waals surface area contributed by atoms with Crippen molar-refractivity contribution in [1.82, 2.24) is 20.4 Å². The summed E-state index contributed by atoms with van der Waals surface area (Å²) < 4.78 is 4.89. The topological polar surface area (TPSA) is 80.8 Å². The molecule has 0 atom stereocenters. The molecule has 0 aliphatic carbocycles.